The Hall–Kier alpha value is -0.0500. The lowest BCUT2D eigenvalue weighted by Crippen LogP contribution is -2.49. The highest BCUT2D eigenvalue weighted by atomic mass is 32.2. The third kappa shape index (κ3) is 3.78. The Morgan fingerprint density at radius 3 is 2.73 bits per heavy atom. The predicted molar refractivity (Wildman–Crippen MR) is 52.6 cm³/mol. The summed E-state index contributed by atoms with van der Waals surface area (Å²) in [4.78, 5) is 0. The Bertz CT molecular complexity index is 223. The number of methoxy groups -OCH3 is 1. The molecule has 0 radical (unpaired) electrons. The van der Waals surface area contributed by atoms with Crippen molar-refractivity contribution < 1.29 is 28.4 Å². The minimum atomic E-state index is -1.87. The van der Waals surface area contributed by atoms with E-state index in [4.69, 9.17) is 14.0 Å². The Morgan fingerprint density at radius 2 is 2.20 bits per heavy atom. The molecule has 0 bridgehead atoms. The molecule has 1 unspecified atom stereocenters. The van der Waals surface area contributed by atoms with Crippen LogP contribution in [0.3, 0.4) is 0 Å². The monoisotopic (exact) mass is 240 g/mol. The molecule has 1 heterocycles. The normalized spacial score (nSPS) is 38.9. The fourth-order valence-corrected chi connectivity index (χ4v) is 1.99. The van der Waals surface area contributed by atoms with Crippen LogP contribution in [-0.2, 0) is 20.6 Å². The van der Waals surface area contributed by atoms with Crippen LogP contribution in [-0.4, -0.2) is 56.4 Å². The van der Waals surface area contributed by atoms with Gasteiger partial charge in [0, 0.05) is 13.5 Å². The predicted octanol–water partition coefficient (Wildman–Crippen LogP) is -0.919. The molecule has 7 heteroatoms. The molecule has 3 N–H and O–H groups in total. The topological polar surface area (TPSA) is 96.2 Å². The smallest absolute Gasteiger partial charge is 0.185 e. The second kappa shape index (κ2) is 5.88. The average molecular weight is 240 g/mol. The molecule has 1 aliphatic rings. The van der Waals surface area contributed by atoms with Gasteiger partial charge in [0.15, 0.2) is 17.4 Å². The van der Waals surface area contributed by atoms with Gasteiger partial charge in [0.2, 0.25) is 0 Å². The maximum Gasteiger partial charge on any atom is 0.185 e. The minimum Gasteiger partial charge on any atom is -0.390 e. The molecule has 0 aromatic carbocycles. The van der Waals surface area contributed by atoms with Gasteiger partial charge < -0.3 is 24.2 Å². The van der Waals surface area contributed by atoms with Crippen molar-refractivity contribution in [2.75, 3.05) is 12.9 Å². The van der Waals surface area contributed by atoms with E-state index in [1.807, 2.05) is 0 Å². The molecule has 1 aliphatic heterocycles. The molecule has 0 aromatic rings. The van der Waals surface area contributed by atoms with Crippen LogP contribution >= 0.6 is 0 Å². The van der Waals surface area contributed by atoms with E-state index in [0.29, 0.717) is 6.42 Å². The summed E-state index contributed by atoms with van der Waals surface area (Å²) in [5.74, 6) is 0.0872. The minimum absolute atomic E-state index is 0.0872. The summed E-state index contributed by atoms with van der Waals surface area (Å²) in [5.41, 5.74) is 0. The van der Waals surface area contributed by atoms with Gasteiger partial charge in [0.25, 0.3) is 0 Å². The second-order valence-electron chi connectivity index (χ2n) is 3.47. The average Bonchev–Trinajstić information content (AvgIpc) is 2.19. The summed E-state index contributed by atoms with van der Waals surface area (Å²) in [6.45, 7) is 0. The number of ether oxygens (including phenoxy) is 2. The first kappa shape index (κ1) is 13.0. The van der Waals surface area contributed by atoms with Crippen molar-refractivity contribution in [3.8, 4) is 0 Å². The van der Waals surface area contributed by atoms with E-state index in [1.54, 1.807) is 0 Å². The highest BCUT2D eigenvalue weighted by molar-refractivity contribution is 7.79. The van der Waals surface area contributed by atoms with Crippen LogP contribution in [0.2, 0.25) is 0 Å². The van der Waals surface area contributed by atoms with Gasteiger partial charge in [-0.3, -0.25) is 0 Å². The van der Waals surface area contributed by atoms with Crippen LogP contribution in [0.4, 0.5) is 0 Å². The maximum atomic E-state index is 10.5. The highest BCUT2D eigenvalue weighted by Gasteiger charge is 2.36. The van der Waals surface area contributed by atoms with Crippen LogP contribution < -0.4 is 0 Å². The molecule has 1 rings (SSSR count). The fourth-order valence-electron chi connectivity index (χ4n) is 1.53. The van der Waals surface area contributed by atoms with Gasteiger partial charge in [0.05, 0.1) is 18.0 Å². The maximum absolute atomic E-state index is 10.5. The summed E-state index contributed by atoms with van der Waals surface area (Å²) in [7, 11) is 1.37. The van der Waals surface area contributed by atoms with Crippen LogP contribution in [0.5, 0.6) is 0 Å². The summed E-state index contributed by atoms with van der Waals surface area (Å²) in [6.07, 6.45) is -2.60. The highest BCUT2D eigenvalue weighted by Crippen LogP contribution is 2.22. The van der Waals surface area contributed by atoms with E-state index in [1.165, 1.54) is 7.11 Å². The van der Waals surface area contributed by atoms with Crippen LogP contribution in [0.15, 0.2) is 0 Å². The zero-order valence-electron chi connectivity index (χ0n) is 8.41. The van der Waals surface area contributed by atoms with Crippen molar-refractivity contribution in [1.82, 2.24) is 0 Å². The van der Waals surface area contributed by atoms with Crippen molar-refractivity contribution in [2.45, 2.75) is 37.4 Å². The molecule has 1 fully saturated rings. The van der Waals surface area contributed by atoms with Gasteiger partial charge in [-0.2, -0.15) is 0 Å². The Morgan fingerprint density at radius 1 is 1.53 bits per heavy atom. The van der Waals surface area contributed by atoms with E-state index < -0.39 is 29.6 Å². The van der Waals surface area contributed by atoms with E-state index in [-0.39, 0.29) is 18.3 Å². The molecule has 5 atom stereocenters. The fraction of sp³-hybridized carbons (Fsp3) is 1.00. The quantitative estimate of drug-likeness (QED) is 0.550. The first-order valence-electron chi connectivity index (χ1n) is 4.66. The van der Waals surface area contributed by atoms with Gasteiger partial charge in [-0.05, 0) is 6.42 Å². The zero-order valence-corrected chi connectivity index (χ0v) is 9.22. The van der Waals surface area contributed by atoms with Crippen molar-refractivity contribution in [2.24, 2.45) is 0 Å². The first-order chi connectivity index (χ1) is 7.04. The Balaban J connectivity index is 2.44. The first-order valence-corrected chi connectivity index (χ1v) is 5.94. The lowest BCUT2D eigenvalue weighted by atomic mass is 10.0. The molecule has 0 saturated carbocycles. The molecular weight excluding hydrogens is 224 g/mol. The summed E-state index contributed by atoms with van der Waals surface area (Å²) >= 11 is -1.87. The molecule has 6 nitrogen and oxygen atoms in total. The van der Waals surface area contributed by atoms with E-state index in [2.05, 4.69) is 0 Å². The lowest BCUT2D eigenvalue weighted by Gasteiger charge is -2.36. The summed E-state index contributed by atoms with van der Waals surface area (Å²) < 4.78 is 29.2. The van der Waals surface area contributed by atoms with Gasteiger partial charge in [-0.15, -0.1) is 0 Å². The largest absolute Gasteiger partial charge is 0.390 e. The molecular formula is C8H16O6S. The summed E-state index contributed by atoms with van der Waals surface area (Å²) in [5, 5.41) is 18.9. The second-order valence-corrected chi connectivity index (χ2v) is 4.52. The molecule has 90 valence electrons. The molecule has 0 amide bonds. The van der Waals surface area contributed by atoms with E-state index >= 15 is 0 Å². The van der Waals surface area contributed by atoms with Gasteiger partial charge in [-0.1, -0.05) is 0 Å². The van der Waals surface area contributed by atoms with Gasteiger partial charge in [0.1, 0.15) is 6.10 Å². The molecule has 0 aliphatic carbocycles. The van der Waals surface area contributed by atoms with Crippen LogP contribution in [0.1, 0.15) is 12.8 Å². The standard InChI is InChI=1S/C8H16O6S/c1-13-8-7(10)6(9)4-5(14-8)2-3-15(11)12/h5-10H,2-4H2,1H3,(H,11,12)/t5-,6-,7-,8-/m1/s1. The van der Waals surface area contributed by atoms with Crippen LogP contribution in [0, 0.1) is 0 Å². The van der Waals surface area contributed by atoms with Crippen molar-refractivity contribution >= 4 is 11.1 Å². The van der Waals surface area contributed by atoms with Crippen molar-refractivity contribution in [1.29, 1.82) is 0 Å². The SMILES string of the molecule is CO[C@@H]1O[C@H](CCS(=O)O)C[C@@H](O)[C@H]1O. The van der Waals surface area contributed by atoms with E-state index in [9.17, 15) is 14.4 Å². The van der Waals surface area contributed by atoms with Crippen molar-refractivity contribution in [3.05, 3.63) is 0 Å². The lowest BCUT2D eigenvalue weighted by molar-refractivity contribution is -0.257. The Labute approximate surface area is 90.5 Å². The summed E-state index contributed by atoms with van der Waals surface area (Å²) in [6, 6.07) is 0. The number of aliphatic hydroxyl groups is 2. The van der Waals surface area contributed by atoms with Crippen LogP contribution in [0.25, 0.3) is 0 Å². The number of aliphatic hydroxyl groups excluding tert-OH is 2. The molecule has 1 saturated heterocycles. The molecule has 15 heavy (non-hydrogen) atoms. The third-order valence-corrected chi connectivity index (χ3v) is 2.94. The Kier molecular flexibility index (Phi) is 5.10. The van der Waals surface area contributed by atoms with Gasteiger partial charge >= 0.3 is 0 Å². The number of hydrogen-bond donors (Lipinski definition) is 3. The van der Waals surface area contributed by atoms with Crippen molar-refractivity contribution in [3.63, 3.8) is 0 Å². The van der Waals surface area contributed by atoms with Gasteiger partial charge in [-0.25, -0.2) is 4.21 Å². The molecule has 0 spiro atoms. The zero-order chi connectivity index (χ0) is 11.4. The number of rotatable bonds is 4. The number of hydrogen-bond acceptors (Lipinski definition) is 5. The third-order valence-electron chi connectivity index (χ3n) is 2.35. The van der Waals surface area contributed by atoms with E-state index in [0.717, 1.165) is 0 Å². The molecule has 0 aromatic heterocycles.